The molecule has 1 aliphatic heterocycles. The molecule has 6 nitrogen and oxygen atoms in total. The Morgan fingerprint density at radius 3 is 2.35 bits per heavy atom. The van der Waals surface area contributed by atoms with E-state index in [1.165, 1.54) is 37.2 Å². The molecular weight excluding hydrogens is 349 g/mol. The number of alkyl halides is 3. The lowest BCUT2D eigenvalue weighted by Gasteiger charge is -2.39. The largest absolute Gasteiger partial charge is 0.425 e. The summed E-state index contributed by atoms with van der Waals surface area (Å²) >= 11 is 0. The first-order chi connectivity index (χ1) is 12.2. The van der Waals surface area contributed by atoms with Crippen molar-refractivity contribution in [3.63, 3.8) is 0 Å². The van der Waals surface area contributed by atoms with Gasteiger partial charge in [0.2, 0.25) is 11.5 Å². The predicted octanol–water partition coefficient (Wildman–Crippen LogP) is 1.65. The van der Waals surface area contributed by atoms with Crippen LogP contribution in [0, 0.1) is 0 Å². The van der Waals surface area contributed by atoms with Crippen LogP contribution in [0.2, 0.25) is 0 Å². The summed E-state index contributed by atoms with van der Waals surface area (Å²) in [4.78, 5) is 19.9. The van der Waals surface area contributed by atoms with Crippen molar-refractivity contribution < 1.29 is 23.1 Å². The van der Waals surface area contributed by atoms with Gasteiger partial charge in [-0.3, -0.25) is 9.69 Å². The molecule has 1 saturated heterocycles. The van der Waals surface area contributed by atoms with Gasteiger partial charge in [0.05, 0.1) is 6.42 Å². The highest BCUT2D eigenvalue weighted by molar-refractivity contribution is 5.77. The number of carbonyl (C=O) groups excluding carboxylic acids is 1. The van der Waals surface area contributed by atoms with E-state index in [0.29, 0.717) is 32.2 Å². The summed E-state index contributed by atoms with van der Waals surface area (Å²) < 4.78 is 41.8. The Kier molecular flexibility index (Phi) is 5.30. The van der Waals surface area contributed by atoms with Crippen LogP contribution in [0.4, 0.5) is 13.2 Å². The molecule has 9 heteroatoms. The first kappa shape index (κ1) is 19.2. The predicted molar refractivity (Wildman–Crippen MR) is 88.2 cm³/mol. The molecule has 0 aromatic carbocycles. The molecule has 1 saturated carbocycles. The minimum atomic E-state index is -4.99. The first-order valence-corrected chi connectivity index (χ1v) is 9.01. The lowest BCUT2D eigenvalue weighted by molar-refractivity contribution is -0.272. The van der Waals surface area contributed by atoms with Gasteiger partial charge in [-0.25, -0.2) is 4.98 Å². The number of aliphatic hydroxyl groups is 1. The number of carbonyl (C=O) groups is 1. The Labute approximate surface area is 150 Å². The number of piperazine rings is 1. The minimum Gasteiger partial charge on any atom is -0.374 e. The number of hydrogen-bond donors (Lipinski definition) is 1. The quantitative estimate of drug-likeness (QED) is 0.871. The molecule has 2 heterocycles. The monoisotopic (exact) mass is 374 g/mol. The van der Waals surface area contributed by atoms with E-state index >= 15 is 0 Å². The zero-order chi connectivity index (χ0) is 18.9. The summed E-state index contributed by atoms with van der Waals surface area (Å²) in [6, 6.07) is 0.534. The number of halogens is 3. The second-order valence-corrected chi connectivity index (χ2v) is 7.25. The average molecular weight is 374 g/mol. The van der Waals surface area contributed by atoms with Crippen LogP contribution >= 0.6 is 0 Å². The van der Waals surface area contributed by atoms with Crippen molar-refractivity contribution in [2.75, 3.05) is 26.2 Å². The van der Waals surface area contributed by atoms with Crippen LogP contribution < -0.4 is 0 Å². The maximum absolute atomic E-state index is 13.6. The van der Waals surface area contributed by atoms with E-state index in [4.69, 9.17) is 0 Å². The van der Waals surface area contributed by atoms with E-state index < -0.39 is 29.9 Å². The molecular formula is C17H25F3N4O2. The third-order valence-corrected chi connectivity index (χ3v) is 5.58. The number of amides is 1. The van der Waals surface area contributed by atoms with Crippen LogP contribution in [0.15, 0.2) is 12.4 Å². The Hall–Kier alpha value is -1.61. The number of aryl methyl sites for hydroxylation is 1. The summed E-state index contributed by atoms with van der Waals surface area (Å²) in [5.74, 6) is -1.26. The molecule has 3 rings (SSSR count). The van der Waals surface area contributed by atoms with Crippen LogP contribution in [-0.2, 0) is 17.4 Å². The maximum Gasteiger partial charge on any atom is 0.425 e. The molecule has 2 aliphatic rings. The normalized spacial score (nSPS) is 22.6. The van der Waals surface area contributed by atoms with Gasteiger partial charge in [-0.15, -0.1) is 0 Å². The van der Waals surface area contributed by atoms with E-state index in [0.717, 1.165) is 17.4 Å². The lowest BCUT2D eigenvalue weighted by Crippen LogP contribution is -2.54. The molecule has 26 heavy (non-hydrogen) atoms. The van der Waals surface area contributed by atoms with Gasteiger partial charge in [-0.1, -0.05) is 12.8 Å². The summed E-state index contributed by atoms with van der Waals surface area (Å²) in [6.07, 6.45) is 1.19. The molecule has 1 aromatic heterocycles. The molecule has 1 N–H and O–H groups in total. The molecule has 146 valence electrons. The van der Waals surface area contributed by atoms with E-state index in [1.807, 2.05) is 0 Å². The van der Waals surface area contributed by atoms with Gasteiger partial charge in [0.25, 0.3) is 0 Å². The second kappa shape index (κ2) is 7.19. The number of nitrogens with zero attached hydrogens (tertiary/aromatic N) is 4. The maximum atomic E-state index is 13.6. The average Bonchev–Trinajstić information content (AvgIpc) is 3.25. The Bertz CT molecular complexity index is 634. The molecule has 1 atom stereocenters. The highest BCUT2D eigenvalue weighted by Gasteiger charge is 2.59. The van der Waals surface area contributed by atoms with Crippen LogP contribution in [0.5, 0.6) is 0 Å². The molecule has 1 unspecified atom stereocenters. The molecule has 0 spiro atoms. The van der Waals surface area contributed by atoms with Gasteiger partial charge in [0.15, 0.2) is 5.82 Å². The van der Waals surface area contributed by atoms with Crippen LogP contribution in [0.25, 0.3) is 0 Å². The molecule has 0 radical (unpaired) electrons. The number of rotatable bonds is 4. The topological polar surface area (TPSA) is 61.6 Å². The zero-order valence-electron chi connectivity index (χ0n) is 14.9. The van der Waals surface area contributed by atoms with Crippen molar-refractivity contribution >= 4 is 5.91 Å². The summed E-state index contributed by atoms with van der Waals surface area (Å²) in [7, 11) is 1.36. The van der Waals surface area contributed by atoms with Crippen molar-refractivity contribution in [2.24, 2.45) is 7.05 Å². The van der Waals surface area contributed by atoms with Crippen LogP contribution in [-0.4, -0.2) is 68.8 Å². The number of aromatic nitrogens is 2. The van der Waals surface area contributed by atoms with Crippen molar-refractivity contribution in [2.45, 2.75) is 49.9 Å². The van der Waals surface area contributed by atoms with Crippen molar-refractivity contribution in [3.8, 4) is 0 Å². The number of hydrogen-bond acceptors (Lipinski definition) is 4. The van der Waals surface area contributed by atoms with Gasteiger partial charge in [-0.05, 0) is 12.8 Å². The smallest absolute Gasteiger partial charge is 0.374 e. The molecule has 1 aromatic rings. The summed E-state index contributed by atoms with van der Waals surface area (Å²) in [6.45, 7) is 2.13. The number of imidazole rings is 1. The molecule has 1 aliphatic carbocycles. The zero-order valence-corrected chi connectivity index (χ0v) is 14.9. The summed E-state index contributed by atoms with van der Waals surface area (Å²) in [5.41, 5.74) is -3.29. The van der Waals surface area contributed by atoms with E-state index in [1.54, 1.807) is 0 Å². The van der Waals surface area contributed by atoms with Crippen LogP contribution in [0.1, 0.15) is 37.9 Å². The van der Waals surface area contributed by atoms with E-state index in [-0.39, 0.29) is 0 Å². The van der Waals surface area contributed by atoms with Crippen LogP contribution in [0.3, 0.4) is 0 Å². The standard InChI is InChI=1S/C17H25F3N4O2/c1-22-7-6-21-15(22)16(26,17(18,19)20)12-14(25)24-10-8-23(9-11-24)13-4-2-3-5-13/h6-7,13,26H,2-5,8-12H2,1H3. The van der Waals surface area contributed by atoms with Gasteiger partial charge in [0, 0.05) is 51.7 Å². The third kappa shape index (κ3) is 3.59. The fourth-order valence-corrected chi connectivity index (χ4v) is 4.01. The summed E-state index contributed by atoms with van der Waals surface area (Å²) in [5, 5.41) is 10.3. The van der Waals surface area contributed by atoms with Crippen molar-refractivity contribution in [1.82, 2.24) is 19.4 Å². The Morgan fingerprint density at radius 1 is 1.23 bits per heavy atom. The van der Waals surface area contributed by atoms with Crippen molar-refractivity contribution in [3.05, 3.63) is 18.2 Å². The minimum absolute atomic E-state index is 0.393. The van der Waals surface area contributed by atoms with E-state index in [2.05, 4.69) is 9.88 Å². The fourth-order valence-electron chi connectivity index (χ4n) is 4.01. The SMILES string of the molecule is Cn1ccnc1C(O)(CC(=O)N1CCN(C2CCCC2)CC1)C(F)(F)F. The van der Waals surface area contributed by atoms with Gasteiger partial charge < -0.3 is 14.6 Å². The van der Waals surface area contributed by atoms with Gasteiger partial charge in [-0.2, -0.15) is 13.2 Å². The van der Waals surface area contributed by atoms with Gasteiger partial charge >= 0.3 is 6.18 Å². The first-order valence-electron chi connectivity index (χ1n) is 9.01. The molecule has 0 bridgehead atoms. The Balaban J connectivity index is 1.66. The second-order valence-electron chi connectivity index (χ2n) is 7.25. The molecule has 1 amide bonds. The lowest BCUT2D eigenvalue weighted by atomic mass is 9.96. The Morgan fingerprint density at radius 2 is 1.85 bits per heavy atom. The third-order valence-electron chi connectivity index (χ3n) is 5.58. The fraction of sp³-hybridized carbons (Fsp3) is 0.765. The highest BCUT2D eigenvalue weighted by atomic mass is 19.4. The van der Waals surface area contributed by atoms with Gasteiger partial charge in [0.1, 0.15) is 0 Å². The highest BCUT2D eigenvalue weighted by Crippen LogP contribution is 2.41. The van der Waals surface area contributed by atoms with Crippen molar-refractivity contribution in [1.29, 1.82) is 0 Å². The molecule has 2 fully saturated rings. The van der Waals surface area contributed by atoms with E-state index in [9.17, 15) is 23.1 Å².